The third-order valence-electron chi connectivity index (χ3n) is 7.15. The molecule has 2 N–H and O–H groups in total. The number of aliphatic hydroxyl groups excluding tert-OH is 1. The van der Waals surface area contributed by atoms with Crippen molar-refractivity contribution in [2.24, 2.45) is 13.0 Å². The summed E-state index contributed by atoms with van der Waals surface area (Å²) in [5.74, 6) is -12.2. The number of carbonyl (C=O) groups is 1. The Morgan fingerprint density at radius 2 is 1.53 bits per heavy atom. The number of aromatic nitrogens is 2. The van der Waals surface area contributed by atoms with Crippen molar-refractivity contribution in [3.63, 3.8) is 0 Å². The van der Waals surface area contributed by atoms with E-state index < -0.39 is 46.8 Å². The first-order valence-corrected chi connectivity index (χ1v) is 14.1. The number of halogens is 5. The summed E-state index contributed by atoms with van der Waals surface area (Å²) in [5, 5.41) is 12.4. The van der Waals surface area contributed by atoms with Crippen molar-refractivity contribution >= 4 is 23.4 Å². The van der Waals surface area contributed by atoms with Crippen LogP contribution in [0.15, 0.2) is 66.1 Å². The molecule has 0 bridgehead atoms. The summed E-state index contributed by atoms with van der Waals surface area (Å²) in [6, 6.07) is 13.3. The molecule has 0 unspecified atom stereocenters. The van der Waals surface area contributed by atoms with Crippen molar-refractivity contribution in [2.75, 3.05) is 11.1 Å². The number of rotatable bonds is 8. The summed E-state index contributed by atoms with van der Waals surface area (Å²) in [6.07, 6.45) is 2.04. The van der Waals surface area contributed by atoms with Gasteiger partial charge in [0.05, 0.1) is 18.8 Å². The fourth-order valence-corrected chi connectivity index (χ4v) is 5.77. The van der Waals surface area contributed by atoms with E-state index in [1.54, 1.807) is 18.3 Å². The Morgan fingerprint density at radius 1 is 0.930 bits per heavy atom. The van der Waals surface area contributed by atoms with Crippen LogP contribution >= 0.6 is 11.8 Å². The van der Waals surface area contributed by atoms with E-state index in [-0.39, 0.29) is 30.4 Å². The molecule has 43 heavy (non-hydrogen) atoms. The Labute approximate surface area is 247 Å². The summed E-state index contributed by atoms with van der Waals surface area (Å²) < 4.78 is 83.3. The zero-order chi connectivity index (χ0) is 30.8. The maximum Gasteiger partial charge on any atom is 0.261 e. The van der Waals surface area contributed by atoms with Crippen LogP contribution in [0.2, 0.25) is 0 Å². The predicted octanol–water partition coefficient (Wildman–Crippen LogP) is 6.44. The van der Waals surface area contributed by atoms with Gasteiger partial charge in [0.25, 0.3) is 5.91 Å². The van der Waals surface area contributed by atoms with Gasteiger partial charge in [0, 0.05) is 42.4 Å². The average molecular weight is 620 g/mol. The van der Waals surface area contributed by atoms with E-state index in [1.807, 2.05) is 49.0 Å². The van der Waals surface area contributed by atoms with Crippen molar-refractivity contribution in [3.05, 3.63) is 112 Å². The van der Waals surface area contributed by atoms with E-state index in [0.717, 1.165) is 16.3 Å². The number of benzene rings is 3. The molecule has 226 valence electrons. The molecule has 0 aliphatic carbocycles. The molecule has 4 aromatic rings. The van der Waals surface area contributed by atoms with Gasteiger partial charge in [-0.05, 0) is 23.3 Å². The lowest BCUT2D eigenvalue weighted by Gasteiger charge is -2.41. The average Bonchev–Trinajstić information content (AvgIpc) is 3.43. The van der Waals surface area contributed by atoms with Gasteiger partial charge in [0.2, 0.25) is 5.82 Å². The molecule has 1 aromatic heterocycles. The van der Waals surface area contributed by atoms with Crippen LogP contribution in [0.5, 0.6) is 0 Å². The highest BCUT2D eigenvalue weighted by Crippen LogP contribution is 2.43. The molecule has 5 rings (SSSR count). The van der Waals surface area contributed by atoms with Gasteiger partial charge in [-0.1, -0.05) is 55.1 Å². The van der Waals surface area contributed by atoms with Gasteiger partial charge in [0.1, 0.15) is 5.56 Å². The number of anilines is 1. The Hall–Kier alpha value is -3.78. The number of aryl methyl sites for hydroxylation is 1. The van der Waals surface area contributed by atoms with Gasteiger partial charge < -0.3 is 24.5 Å². The molecule has 4 atom stereocenters. The first-order chi connectivity index (χ1) is 20.6. The molecule has 1 aliphatic rings. The zero-order valence-electron chi connectivity index (χ0n) is 22.9. The fraction of sp³-hybridized carbons (Fsp3) is 0.267. The second kappa shape index (κ2) is 12.8. The van der Waals surface area contributed by atoms with Crippen LogP contribution in [0.3, 0.4) is 0 Å². The molecule has 1 amide bonds. The highest BCUT2D eigenvalue weighted by Gasteiger charge is 2.38. The molecule has 1 saturated heterocycles. The SMILES string of the molecule is C[C@@H]1[C@H](CSc2nccn2C)O[C@H](c2ccc(NC(=O)c3c(F)c(F)c(F)c(F)c3F)cc2)O[C@@H]1c1ccc(CO)cc1. The normalized spacial score (nSPS) is 20.3. The number of imidazole rings is 1. The van der Waals surface area contributed by atoms with E-state index >= 15 is 0 Å². The monoisotopic (exact) mass is 619 g/mol. The molecule has 13 heteroatoms. The van der Waals surface area contributed by atoms with E-state index in [4.69, 9.17) is 9.47 Å². The Bertz CT molecular complexity index is 1590. The number of carbonyl (C=O) groups excluding carboxylic acids is 1. The highest BCUT2D eigenvalue weighted by atomic mass is 32.2. The van der Waals surface area contributed by atoms with Crippen molar-refractivity contribution in [1.82, 2.24) is 9.55 Å². The number of nitrogens with one attached hydrogen (secondary N) is 1. The summed E-state index contributed by atoms with van der Waals surface area (Å²) >= 11 is 1.53. The molecule has 0 radical (unpaired) electrons. The van der Waals surface area contributed by atoms with Crippen LogP contribution in [0.25, 0.3) is 0 Å². The maximum atomic E-state index is 14.1. The van der Waals surface area contributed by atoms with Crippen molar-refractivity contribution in [1.29, 1.82) is 0 Å². The number of hydrogen-bond donors (Lipinski definition) is 2. The smallest absolute Gasteiger partial charge is 0.261 e. The summed E-state index contributed by atoms with van der Waals surface area (Å²) in [4.78, 5) is 16.8. The third kappa shape index (κ3) is 6.30. The summed E-state index contributed by atoms with van der Waals surface area (Å²) in [5.41, 5.74) is 0.656. The number of amides is 1. The van der Waals surface area contributed by atoms with E-state index in [1.165, 1.54) is 23.9 Å². The fourth-order valence-electron chi connectivity index (χ4n) is 4.68. The zero-order valence-corrected chi connectivity index (χ0v) is 23.7. The van der Waals surface area contributed by atoms with Crippen LogP contribution in [0.1, 0.15) is 46.4 Å². The molecule has 2 heterocycles. The molecule has 1 fully saturated rings. The minimum Gasteiger partial charge on any atom is -0.392 e. The van der Waals surface area contributed by atoms with Gasteiger partial charge in [-0.3, -0.25) is 4.79 Å². The molecule has 0 saturated carbocycles. The number of hydrogen-bond acceptors (Lipinski definition) is 6. The number of thioether (sulfide) groups is 1. The van der Waals surface area contributed by atoms with Gasteiger partial charge in [-0.15, -0.1) is 0 Å². The van der Waals surface area contributed by atoms with Gasteiger partial charge in [0.15, 0.2) is 34.7 Å². The summed E-state index contributed by atoms with van der Waals surface area (Å²) in [6.45, 7) is 1.92. The van der Waals surface area contributed by atoms with E-state index in [9.17, 15) is 31.9 Å². The molecular weight excluding hydrogens is 593 g/mol. The predicted molar refractivity (Wildman–Crippen MR) is 148 cm³/mol. The Morgan fingerprint density at radius 3 is 2.12 bits per heavy atom. The number of nitrogens with zero attached hydrogens (tertiary/aromatic N) is 2. The van der Waals surface area contributed by atoms with Crippen LogP contribution < -0.4 is 5.32 Å². The minimum absolute atomic E-state index is 0.0416. The lowest BCUT2D eigenvalue weighted by Crippen LogP contribution is -2.38. The molecule has 3 aromatic carbocycles. The Kier molecular flexibility index (Phi) is 9.16. The molecule has 0 spiro atoms. The largest absolute Gasteiger partial charge is 0.392 e. The van der Waals surface area contributed by atoms with Crippen LogP contribution in [0, 0.1) is 35.0 Å². The van der Waals surface area contributed by atoms with Crippen LogP contribution in [-0.2, 0) is 23.1 Å². The lowest BCUT2D eigenvalue weighted by atomic mass is 9.91. The number of ether oxygens (including phenoxy) is 2. The van der Waals surface area contributed by atoms with Crippen molar-refractivity contribution in [3.8, 4) is 0 Å². The summed E-state index contributed by atoms with van der Waals surface area (Å²) in [7, 11) is 1.89. The van der Waals surface area contributed by atoms with Gasteiger partial charge >= 0.3 is 0 Å². The molecule has 7 nitrogen and oxygen atoms in total. The van der Waals surface area contributed by atoms with Crippen LogP contribution in [0.4, 0.5) is 27.6 Å². The van der Waals surface area contributed by atoms with Crippen LogP contribution in [-0.4, -0.2) is 32.4 Å². The molecule has 1 aliphatic heterocycles. The Balaban J connectivity index is 1.37. The van der Waals surface area contributed by atoms with Gasteiger partial charge in [-0.2, -0.15) is 0 Å². The second-order valence-corrected chi connectivity index (χ2v) is 11.0. The maximum absolute atomic E-state index is 14.1. The van der Waals surface area contributed by atoms with Crippen molar-refractivity contribution < 1.29 is 41.3 Å². The standard InChI is InChI=1S/C30H26F5N3O4S/c1-15-20(14-43-30-36-11-12-38(30)2)41-29(42-27(15)17-5-3-16(13-39)4-6-17)18-7-9-19(10-8-18)37-28(40)21-22(31)24(33)26(35)25(34)23(21)32/h3-12,15,20,27,29,39H,13-14H2,1-2H3,(H,37,40)/t15-,20+,27+,29+/m1/s1. The van der Waals surface area contributed by atoms with Gasteiger partial charge in [-0.25, -0.2) is 26.9 Å². The topological polar surface area (TPSA) is 85.6 Å². The van der Waals surface area contributed by atoms with E-state index in [0.29, 0.717) is 11.3 Å². The first-order valence-electron chi connectivity index (χ1n) is 13.1. The third-order valence-corrected chi connectivity index (χ3v) is 8.30. The quantitative estimate of drug-likeness (QED) is 0.102. The molecular formula is C30H26F5N3O4S. The first kappa shape index (κ1) is 30.7. The highest BCUT2D eigenvalue weighted by molar-refractivity contribution is 7.99. The second-order valence-electron chi connectivity index (χ2n) is 9.97. The lowest BCUT2D eigenvalue weighted by molar-refractivity contribution is -0.268. The van der Waals surface area contributed by atoms with Crippen molar-refractivity contribution in [2.45, 2.75) is 37.2 Å². The van der Waals surface area contributed by atoms with E-state index in [2.05, 4.69) is 10.3 Å². The minimum atomic E-state index is -2.35. The number of aliphatic hydroxyl groups is 1.